The number of nitrogens with zero attached hydrogens (tertiary/aromatic N) is 2. The molecule has 0 saturated carbocycles. The summed E-state index contributed by atoms with van der Waals surface area (Å²) in [5, 5.41) is 4.38. The van der Waals surface area contributed by atoms with Gasteiger partial charge in [0.1, 0.15) is 0 Å². The maximum absolute atomic E-state index is 11.3. The van der Waals surface area contributed by atoms with Crippen LogP contribution in [-0.4, -0.2) is 41.2 Å². The molecule has 1 aromatic heterocycles. The summed E-state index contributed by atoms with van der Waals surface area (Å²) in [6, 6.07) is 6.93. The molecule has 0 bridgehead atoms. The first-order chi connectivity index (χ1) is 12.0. The molecule has 134 valence electrons. The van der Waals surface area contributed by atoms with Crippen molar-refractivity contribution in [2.45, 2.75) is 50.7 Å². The van der Waals surface area contributed by atoms with Crippen molar-refractivity contribution in [2.24, 2.45) is 5.73 Å². The maximum Gasteiger partial charge on any atom is 0.312 e. The van der Waals surface area contributed by atoms with Crippen molar-refractivity contribution in [3.63, 3.8) is 0 Å². The Morgan fingerprint density at radius 2 is 2.24 bits per heavy atom. The van der Waals surface area contributed by atoms with Crippen molar-refractivity contribution in [1.29, 1.82) is 0 Å². The number of likely N-dealkylation sites (tertiary alicyclic amines) is 1. The second-order valence-corrected chi connectivity index (χ2v) is 8.44. The molecule has 4 rings (SSSR count). The first-order valence-corrected chi connectivity index (χ1v) is 10.1. The summed E-state index contributed by atoms with van der Waals surface area (Å²) in [4.78, 5) is 13.7. The van der Waals surface area contributed by atoms with Gasteiger partial charge in [0, 0.05) is 42.0 Å². The number of hydrogen-bond donors (Lipinski definition) is 2. The van der Waals surface area contributed by atoms with Crippen LogP contribution in [0.1, 0.15) is 36.8 Å². The van der Waals surface area contributed by atoms with Crippen molar-refractivity contribution in [3.8, 4) is 0 Å². The second-order valence-electron chi connectivity index (χ2n) is 7.42. The van der Waals surface area contributed by atoms with Gasteiger partial charge in [-0.3, -0.25) is 0 Å². The number of benzene rings is 1. The van der Waals surface area contributed by atoms with Crippen molar-refractivity contribution in [3.05, 3.63) is 33.0 Å². The van der Waals surface area contributed by atoms with Crippen molar-refractivity contribution in [2.75, 3.05) is 13.6 Å². The summed E-state index contributed by atoms with van der Waals surface area (Å²) in [7, 11) is 2.17. The maximum atomic E-state index is 11.3. The van der Waals surface area contributed by atoms with Gasteiger partial charge < -0.3 is 20.5 Å². The third-order valence-electron chi connectivity index (χ3n) is 5.84. The molecule has 25 heavy (non-hydrogen) atoms. The van der Waals surface area contributed by atoms with Crippen LogP contribution in [0.5, 0.6) is 0 Å². The van der Waals surface area contributed by atoms with Crippen LogP contribution >= 0.6 is 22.6 Å². The largest absolute Gasteiger partial charge is 0.352 e. The highest BCUT2D eigenvalue weighted by molar-refractivity contribution is 14.1. The van der Waals surface area contributed by atoms with Crippen LogP contribution in [0.4, 0.5) is 4.79 Å². The number of amides is 2. The van der Waals surface area contributed by atoms with Gasteiger partial charge in [-0.2, -0.15) is 0 Å². The van der Waals surface area contributed by atoms with E-state index in [1.807, 2.05) is 0 Å². The number of likely N-dealkylation sites (N-methyl/N-ethyl adjacent to an activating group) is 1. The van der Waals surface area contributed by atoms with Gasteiger partial charge in [0.2, 0.25) is 0 Å². The molecule has 3 atom stereocenters. The highest BCUT2D eigenvalue weighted by Gasteiger charge is 2.40. The number of aryl methyl sites for hydroxylation is 1. The normalized spacial score (nSPS) is 25.8. The summed E-state index contributed by atoms with van der Waals surface area (Å²) in [5.41, 5.74) is 9.69. The number of hydrogen-bond acceptors (Lipinski definition) is 2. The van der Waals surface area contributed by atoms with Crippen LogP contribution in [-0.2, 0) is 13.0 Å². The van der Waals surface area contributed by atoms with E-state index in [4.69, 9.17) is 5.73 Å². The van der Waals surface area contributed by atoms with Crippen molar-refractivity contribution < 1.29 is 4.79 Å². The molecule has 1 saturated heterocycles. The van der Waals surface area contributed by atoms with Gasteiger partial charge in [0.05, 0.1) is 3.70 Å². The highest BCUT2D eigenvalue weighted by atomic mass is 127. The van der Waals surface area contributed by atoms with E-state index in [1.54, 1.807) is 0 Å². The standard InChI is InChI=1S/C19H25IN4O/c1-3-7-24-15-6-4-5-12-13-8-11(22-19(21)25)10-23(2)16(13)9-14(17(12)15)18(24)20/h4-6,11,13,16H,3,7-10H2,1-2H3,(H3,21,22,25)/t11-,13+,16+/m0/s1. The van der Waals surface area contributed by atoms with Gasteiger partial charge in [0.15, 0.2) is 0 Å². The molecule has 2 heterocycles. The molecule has 1 aromatic carbocycles. The van der Waals surface area contributed by atoms with E-state index in [0.717, 1.165) is 32.4 Å². The summed E-state index contributed by atoms with van der Waals surface area (Å²) < 4.78 is 3.87. The Balaban J connectivity index is 1.82. The SMILES string of the molecule is CCCn1c(I)c2c3c(cccc31)[C@H]1C[C@H](NC(N)=O)CN(C)[C@@H]1C2. The number of urea groups is 1. The van der Waals surface area contributed by atoms with Crippen molar-refractivity contribution in [1.82, 2.24) is 14.8 Å². The third-order valence-corrected chi connectivity index (χ3v) is 7.07. The number of fused-ring (bicyclic) bond motifs is 2. The number of aromatic nitrogens is 1. The van der Waals surface area contributed by atoms with E-state index < -0.39 is 6.03 Å². The molecule has 1 aliphatic carbocycles. The average Bonchev–Trinajstić information content (AvgIpc) is 2.83. The highest BCUT2D eigenvalue weighted by Crippen LogP contribution is 2.45. The molecule has 1 fully saturated rings. The zero-order valence-corrected chi connectivity index (χ0v) is 16.9. The first kappa shape index (κ1) is 17.1. The molecule has 0 spiro atoms. The lowest BCUT2D eigenvalue weighted by Crippen LogP contribution is -2.55. The molecule has 2 amide bonds. The number of rotatable bonds is 3. The summed E-state index contributed by atoms with van der Waals surface area (Å²) in [6.07, 6.45) is 3.19. The molecule has 6 heteroatoms. The number of halogens is 1. The Hall–Kier alpha value is -1.28. The molecule has 1 aliphatic heterocycles. The lowest BCUT2D eigenvalue weighted by Gasteiger charge is -2.45. The smallest absolute Gasteiger partial charge is 0.312 e. The zero-order chi connectivity index (χ0) is 17.7. The predicted octanol–water partition coefficient (Wildman–Crippen LogP) is 3.04. The third kappa shape index (κ3) is 2.73. The summed E-state index contributed by atoms with van der Waals surface area (Å²) >= 11 is 2.53. The van der Waals surface area contributed by atoms with E-state index in [1.165, 1.54) is 25.7 Å². The number of carbonyl (C=O) groups is 1. The Morgan fingerprint density at radius 1 is 1.44 bits per heavy atom. The Labute approximate surface area is 162 Å². The fraction of sp³-hybridized carbons (Fsp3) is 0.526. The monoisotopic (exact) mass is 452 g/mol. The lowest BCUT2D eigenvalue weighted by molar-refractivity contribution is 0.129. The summed E-state index contributed by atoms with van der Waals surface area (Å²) in [6.45, 7) is 4.16. The van der Waals surface area contributed by atoms with Crippen LogP contribution in [0, 0.1) is 3.70 Å². The van der Waals surface area contributed by atoms with E-state index in [9.17, 15) is 4.79 Å². The van der Waals surface area contributed by atoms with Gasteiger partial charge in [-0.15, -0.1) is 0 Å². The molecule has 5 nitrogen and oxygen atoms in total. The minimum atomic E-state index is -0.421. The first-order valence-electron chi connectivity index (χ1n) is 9.07. The minimum Gasteiger partial charge on any atom is -0.352 e. The van der Waals surface area contributed by atoms with Crippen LogP contribution in [0.15, 0.2) is 18.2 Å². The van der Waals surface area contributed by atoms with E-state index in [-0.39, 0.29) is 6.04 Å². The van der Waals surface area contributed by atoms with E-state index >= 15 is 0 Å². The van der Waals surface area contributed by atoms with Gasteiger partial charge in [-0.25, -0.2) is 4.79 Å². The summed E-state index contributed by atoms with van der Waals surface area (Å²) in [5.74, 6) is 0.445. The quantitative estimate of drug-likeness (QED) is 0.704. The molecule has 0 unspecified atom stereocenters. The topological polar surface area (TPSA) is 63.3 Å². The minimum absolute atomic E-state index is 0.123. The molecule has 0 radical (unpaired) electrons. The molecular formula is C19H25IN4O. The fourth-order valence-electron chi connectivity index (χ4n) is 4.90. The van der Waals surface area contributed by atoms with Crippen molar-refractivity contribution >= 4 is 39.5 Å². The van der Waals surface area contributed by atoms with Gasteiger partial charge >= 0.3 is 6.03 Å². The number of nitrogens with one attached hydrogen (secondary N) is 1. The molecule has 3 N–H and O–H groups in total. The molecule has 2 aliphatic rings. The van der Waals surface area contributed by atoms with E-state index in [2.05, 4.69) is 69.5 Å². The predicted molar refractivity (Wildman–Crippen MR) is 109 cm³/mol. The second kappa shape index (κ2) is 6.46. The Kier molecular flexibility index (Phi) is 4.43. The molecule has 2 aromatic rings. The van der Waals surface area contributed by atoms with Gasteiger partial charge in [-0.05, 0) is 66.1 Å². The van der Waals surface area contributed by atoms with Crippen LogP contribution < -0.4 is 11.1 Å². The van der Waals surface area contributed by atoms with Crippen LogP contribution in [0.2, 0.25) is 0 Å². The average molecular weight is 452 g/mol. The number of piperidine rings is 1. The van der Waals surface area contributed by atoms with Gasteiger partial charge in [0.25, 0.3) is 0 Å². The number of nitrogens with two attached hydrogens (primary N) is 1. The number of carbonyl (C=O) groups excluding carboxylic acids is 1. The zero-order valence-electron chi connectivity index (χ0n) is 14.8. The van der Waals surface area contributed by atoms with Crippen LogP contribution in [0.3, 0.4) is 0 Å². The van der Waals surface area contributed by atoms with Crippen LogP contribution in [0.25, 0.3) is 10.9 Å². The Morgan fingerprint density at radius 3 is 2.96 bits per heavy atom. The lowest BCUT2D eigenvalue weighted by atomic mass is 9.74. The van der Waals surface area contributed by atoms with E-state index in [0.29, 0.717) is 12.0 Å². The Bertz CT molecular complexity index is 830. The molecular weight excluding hydrogens is 427 g/mol. The number of primary amides is 1. The van der Waals surface area contributed by atoms with Gasteiger partial charge in [-0.1, -0.05) is 19.1 Å². The fourth-order valence-corrected chi connectivity index (χ4v) is 5.89.